The minimum absolute atomic E-state index is 0.291. The molecule has 2 heterocycles. The lowest BCUT2D eigenvalue weighted by molar-refractivity contribution is -0.274. The van der Waals surface area contributed by atoms with Gasteiger partial charge < -0.3 is 9.47 Å². The summed E-state index contributed by atoms with van der Waals surface area (Å²) >= 11 is 1.44. The van der Waals surface area contributed by atoms with Gasteiger partial charge in [-0.1, -0.05) is 0 Å². The number of halogens is 3. The van der Waals surface area contributed by atoms with Crippen LogP contribution in [0.15, 0.2) is 36.8 Å². The molecule has 132 valence electrons. The van der Waals surface area contributed by atoms with Gasteiger partial charge in [0.25, 0.3) is 0 Å². The Hall–Kier alpha value is -2.42. The highest BCUT2D eigenvalue weighted by Gasteiger charge is 2.31. The molecule has 5 nitrogen and oxygen atoms in total. The third-order valence-electron chi connectivity index (χ3n) is 3.54. The van der Waals surface area contributed by atoms with Gasteiger partial charge in [0.15, 0.2) is 0 Å². The van der Waals surface area contributed by atoms with Crippen LogP contribution >= 0.6 is 11.9 Å². The topological polar surface area (TPSA) is 49.2 Å². The number of benzene rings is 1. The first-order valence-corrected chi connectivity index (χ1v) is 8.16. The molecule has 9 heteroatoms. The highest BCUT2D eigenvalue weighted by molar-refractivity contribution is 7.97. The third kappa shape index (κ3) is 3.98. The Morgan fingerprint density at radius 3 is 2.72 bits per heavy atom. The van der Waals surface area contributed by atoms with Gasteiger partial charge in [0.05, 0.1) is 29.6 Å². The molecule has 0 aliphatic heterocycles. The maximum Gasteiger partial charge on any atom is 0.573 e. The van der Waals surface area contributed by atoms with E-state index in [9.17, 15) is 13.2 Å². The Bertz CT molecular complexity index is 896. The molecule has 0 bridgehead atoms. The van der Waals surface area contributed by atoms with Gasteiger partial charge in [0, 0.05) is 17.8 Å². The molecule has 0 saturated heterocycles. The SMILES string of the molecule is COc1ccnc(CSn2cnc3cc(OC(F)(F)F)ccc32)c1C. The monoisotopic (exact) mass is 369 g/mol. The number of fused-ring (bicyclic) bond motifs is 1. The number of alkyl halides is 3. The number of ether oxygens (including phenoxy) is 2. The van der Waals surface area contributed by atoms with Crippen molar-refractivity contribution in [2.24, 2.45) is 0 Å². The summed E-state index contributed by atoms with van der Waals surface area (Å²) in [7, 11) is 1.60. The van der Waals surface area contributed by atoms with Crippen molar-refractivity contribution in [2.75, 3.05) is 7.11 Å². The number of imidazole rings is 1. The molecule has 0 aliphatic rings. The number of rotatable bonds is 5. The van der Waals surface area contributed by atoms with Crippen molar-refractivity contribution >= 4 is 23.0 Å². The lowest BCUT2D eigenvalue weighted by Gasteiger charge is -2.10. The van der Waals surface area contributed by atoms with Crippen molar-refractivity contribution < 1.29 is 22.6 Å². The molecule has 0 aliphatic carbocycles. The predicted octanol–water partition coefficient (Wildman–Crippen LogP) is 4.34. The van der Waals surface area contributed by atoms with Crippen LogP contribution in [0.4, 0.5) is 13.2 Å². The van der Waals surface area contributed by atoms with Crippen LogP contribution < -0.4 is 9.47 Å². The fourth-order valence-electron chi connectivity index (χ4n) is 2.33. The zero-order valence-electron chi connectivity index (χ0n) is 13.4. The first kappa shape index (κ1) is 17.4. The summed E-state index contributed by atoms with van der Waals surface area (Å²) < 4.78 is 47.8. The number of nitrogens with zero attached hydrogens (tertiary/aromatic N) is 3. The van der Waals surface area contributed by atoms with E-state index in [1.807, 2.05) is 6.92 Å². The van der Waals surface area contributed by atoms with Crippen molar-refractivity contribution in [3.63, 3.8) is 0 Å². The second-order valence-corrected chi connectivity index (χ2v) is 6.07. The molecule has 0 atom stereocenters. The predicted molar refractivity (Wildman–Crippen MR) is 88.6 cm³/mol. The maximum absolute atomic E-state index is 12.3. The number of aromatic nitrogens is 3. The van der Waals surface area contributed by atoms with Crippen LogP contribution in [0, 0.1) is 6.92 Å². The van der Waals surface area contributed by atoms with E-state index < -0.39 is 6.36 Å². The Kier molecular flexibility index (Phi) is 4.76. The highest BCUT2D eigenvalue weighted by atomic mass is 32.2. The number of pyridine rings is 1. The van der Waals surface area contributed by atoms with Crippen molar-refractivity contribution in [1.29, 1.82) is 0 Å². The Balaban J connectivity index is 1.79. The Labute approximate surface area is 145 Å². The number of hydrogen-bond donors (Lipinski definition) is 0. The lowest BCUT2D eigenvalue weighted by Crippen LogP contribution is -2.16. The van der Waals surface area contributed by atoms with Gasteiger partial charge >= 0.3 is 6.36 Å². The van der Waals surface area contributed by atoms with Crippen LogP contribution in [0.1, 0.15) is 11.3 Å². The summed E-state index contributed by atoms with van der Waals surface area (Å²) in [6.07, 6.45) is -1.49. The van der Waals surface area contributed by atoms with Crippen LogP contribution in [-0.2, 0) is 5.75 Å². The maximum atomic E-state index is 12.3. The van der Waals surface area contributed by atoms with Crippen LogP contribution in [0.5, 0.6) is 11.5 Å². The summed E-state index contributed by atoms with van der Waals surface area (Å²) in [5.41, 5.74) is 2.93. The zero-order valence-corrected chi connectivity index (χ0v) is 14.2. The molecule has 1 aromatic carbocycles. The van der Waals surface area contributed by atoms with E-state index in [4.69, 9.17) is 4.74 Å². The molecule has 0 unspecified atom stereocenters. The van der Waals surface area contributed by atoms with Gasteiger partial charge in [-0.2, -0.15) is 0 Å². The molecule has 25 heavy (non-hydrogen) atoms. The second-order valence-electron chi connectivity index (χ2n) is 5.13. The van der Waals surface area contributed by atoms with E-state index in [1.54, 1.807) is 35.7 Å². The Morgan fingerprint density at radius 2 is 2.00 bits per heavy atom. The van der Waals surface area contributed by atoms with Gasteiger partial charge in [-0.25, -0.2) is 4.98 Å². The van der Waals surface area contributed by atoms with E-state index in [0.29, 0.717) is 16.8 Å². The standard InChI is InChI=1S/C16H14F3N3O2S/c1-10-13(20-6-5-15(10)23-2)8-25-22-9-21-12-7-11(3-4-14(12)22)24-16(17,18)19/h3-7,9H,8H2,1-2H3. The molecular formula is C16H14F3N3O2S. The van der Waals surface area contributed by atoms with Gasteiger partial charge in [0.2, 0.25) is 0 Å². The van der Waals surface area contributed by atoms with Crippen LogP contribution in [0.3, 0.4) is 0 Å². The number of methoxy groups -OCH3 is 1. The van der Waals surface area contributed by atoms with E-state index >= 15 is 0 Å². The van der Waals surface area contributed by atoms with Gasteiger partial charge in [-0.15, -0.1) is 13.2 Å². The van der Waals surface area contributed by atoms with E-state index in [0.717, 1.165) is 17.0 Å². The highest BCUT2D eigenvalue weighted by Crippen LogP contribution is 2.29. The molecule has 0 amide bonds. The van der Waals surface area contributed by atoms with Crippen molar-refractivity contribution in [3.05, 3.63) is 48.0 Å². The number of hydrogen-bond acceptors (Lipinski definition) is 5. The quantitative estimate of drug-likeness (QED) is 0.669. The smallest absolute Gasteiger partial charge is 0.496 e. The van der Waals surface area contributed by atoms with E-state index in [2.05, 4.69) is 14.7 Å². The van der Waals surface area contributed by atoms with Gasteiger partial charge in [0.1, 0.15) is 17.8 Å². The second kappa shape index (κ2) is 6.83. The van der Waals surface area contributed by atoms with Gasteiger partial charge in [-0.05, 0) is 37.1 Å². The fraction of sp³-hybridized carbons (Fsp3) is 0.250. The summed E-state index contributed by atoms with van der Waals surface area (Å²) in [4.78, 5) is 8.47. The normalized spacial score (nSPS) is 11.7. The Morgan fingerprint density at radius 1 is 1.20 bits per heavy atom. The molecule has 2 aromatic heterocycles. The summed E-state index contributed by atoms with van der Waals surface area (Å²) in [5.74, 6) is 1.03. The minimum Gasteiger partial charge on any atom is -0.496 e. The average molecular weight is 369 g/mol. The van der Waals surface area contributed by atoms with Crippen LogP contribution in [0.25, 0.3) is 11.0 Å². The summed E-state index contributed by atoms with van der Waals surface area (Å²) in [6.45, 7) is 1.93. The lowest BCUT2D eigenvalue weighted by atomic mass is 10.2. The molecule has 0 saturated carbocycles. The molecule has 3 rings (SSSR count). The van der Waals surface area contributed by atoms with E-state index in [1.165, 1.54) is 24.1 Å². The first-order valence-electron chi connectivity index (χ1n) is 7.22. The van der Waals surface area contributed by atoms with Crippen molar-refractivity contribution in [1.82, 2.24) is 13.9 Å². The van der Waals surface area contributed by atoms with E-state index in [-0.39, 0.29) is 5.75 Å². The summed E-state index contributed by atoms with van der Waals surface area (Å²) in [6, 6.07) is 5.86. The molecule has 0 N–H and O–H groups in total. The fourth-order valence-corrected chi connectivity index (χ4v) is 3.29. The third-order valence-corrected chi connectivity index (χ3v) is 4.51. The largest absolute Gasteiger partial charge is 0.573 e. The molecule has 3 aromatic rings. The molecule has 0 fully saturated rings. The zero-order chi connectivity index (χ0) is 18.0. The van der Waals surface area contributed by atoms with Crippen molar-refractivity contribution in [2.45, 2.75) is 19.0 Å². The van der Waals surface area contributed by atoms with Gasteiger partial charge in [-0.3, -0.25) is 8.96 Å². The average Bonchev–Trinajstić information content (AvgIpc) is 2.94. The first-order chi connectivity index (χ1) is 11.9. The van der Waals surface area contributed by atoms with Crippen LogP contribution in [-0.4, -0.2) is 27.4 Å². The summed E-state index contributed by atoms with van der Waals surface area (Å²) in [5, 5.41) is 0. The molecule has 0 radical (unpaired) electrons. The van der Waals surface area contributed by atoms with Crippen molar-refractivity contribution in [3.8, 4) is 11.5 Å². The molecule has 0 spiro atoms. The minimum atomic E-state index is -4.72. The molecular weight excluding hydrogens is 355 g/mol. The van der Waals surface area contributed by atoms with Crippen LogP contribution in [0.2, 0.25) is 0 Å².